The summed E-state index contributed by atoms with van der Waals surface area (Å²) in [5.41, 5.74) is 1.76. The largest absolute Gasteiger partial charge is 0.507 e. The summed E-state index contributed by atoms with van der Waals surface area (Å²) in [6.07, 6.45) is 0. The first-order chi connectivity index (χ1) is 11.5. The van der Waals surface area contributed by atoms with Gasteiger partial charge >= 0.3 is 0 Å². The Morgan fingerprint density at radius 3 is 2.79 bits per heavy atom. The second-order valence-corrected chi connectivity index (χ2v) is 5.96. The minimum atomic E-state index is 0.0382. The van der Waals surface area contributed by atoms with Crippen LogP contribution in [-0.2, 0) is 6.61 Å². The maximum Gasteiger partial charge on any atom is 0.146 e. The monoisotopic (exact) mass is 362 g/mol. The summed E-state index contributed by atoms with van der Waals surface area (Å²) in [5.74, 6) is 0.606. The predicted molar refractivity (Wildman–Crippen MR) is 94.4 cm³/mol. The standard InChI is InChI=1S/C17H12Cl2N2O3/c1-9-7-14(22)10-3-2-4-15(17(10)20-9)24-8-11-12(18)5-6-13(21-23)16(11)19/h2-7H,8H2,1H3,(H,20,22). The highest BCUT2D eigenvalue weighted by Gasteiger charge is 2.14. The lowest BCUT2D eigenvalue weighted by Gasteiger charge is -2.12. The molecule has 0 radical (unpaired) electrons. The number of halogens is 2. The van der Waals surface area contributed by atoms with Crippen molar-refractivity contribution in [3.05, 3.63) is 62.6 Å². The number of aromatic nitrogens is 1. The van der Waals surface area contributed by atoms with E-state index < -0.39 is 0 Å². The summed E-state index contributed by atoms with van der Waals surface area (Å²) >= 11 is 12.3. The van der Waals surface area contributed by atoms with Crippen LogP contribution in [0.15, 0.2) is 41.6 Å². The number of nitroso groups, excluding NO2 is 1. The maximum absolute atomic E-state index is 10.8. The lowest BCUT2D eigenvalue weighted by Crippen LogP contribution is -1.99. The number of aryl methyl sites for hydroxylation is 1. The molecule has 1 heterocycles. The number of benzene rings is 2. The van der Waals surface area contributed by atoms with Gasteiger partial charge < -0.3 is 9.84 Å². The van der Waals surface area contributed by atoms with Crippen molar-refractivity contribution >= 4 is 39.8 Å². The van der Waals surface area contributed by atoms with E-state index in [0.29, 0.717) is 32.9 Å². The van der Waals surface area contributed by atoms with Crippen molar-refractivity contribution in [3.63, 3.8) is 0 Å². The van der Waals surface area contributed by atoms with Gasteiger partial charge in [0.05, 0.1) is 5.02 Å². The molecule has 0 saturated heterocycles. The van der Waals surface area contributed by atoms with Gasteiger partial charge in [0.25, 0.3) is 0 Å². The molecular weight excluding hydrogens is 351 g/mol. The van der Waals surface area contributed by atoms with Crippen molar-refractivity contribution in [2.75, 3.05) is 0 Å². The van der Waals surface area contributed by atoms with Crippen molar-refractivity contribution in [2.45, 2.75) is 13.5 Å². The molecule has 3 aromatic rings. The van der Waals surface area contributed by atoms with E-state index in [-0.39, 0.29) is 23.1 Å². The van der Waals surface area contributed by atoms with Crippen LogP contribution in [0.4, 0.5) is 5.69 Å². The summed E-state index contributed by atoms with van der Waals surface area (Å²) < 4.78 is 5.79. The van der Waals surface area contributed by atoms with Crippen LogP contribution >= 0.6 is 23.2 Å². The fraction of sp³-hybridized carbons (Fsp3) is 0.118. The van der Waals surface area contributed by atoms with Gasteiger partial charge in [-0.25, -0.2) is 4.98 Å². The van der Waals surface area contributed by atoms with E-state index in [1.807, 2.05) is 0 Å². The van der Waals surface area contributed by atoms with E-state index in [9.17, 15) is 10.0 Å². The SMILES string of the molecule is Cc1cc(O)c2cccc(OCc3c(Cl)ccc(N=O)c3Cl)c2n1. The fourth-order valence-electron chi connectivity index (χ4n) is 2.38. The molecule has 0 aliphatic heterocycles. The van der Waals surface area contributed by atoms with Crippen LogP contribution in [0.2, 0.25) is 10.0 Å². The van der Waals surface area contributed by atoms with Crippen LogP contribution in [0.3, 0.4) is 0 Å². The summed E-state index contributed by atoms with van der Waals surface area (Å²) in [7, 11) is 0. The van der Waals surface area contributed by atoms with E-state index >= 15 is 0 Å². The smallest absolute Gasteiger partial charge is 0.146 e. The van der Waals surface area contributed by atoms with Gasteiger partial charge in [-0.3, -0.25) is 0 Å². The number of rotatable bonds is 4. The number of pyridine rings is 1. The molecule has 0 amide bonds. The molecule has 0 spiro atoms. The zero-order valence-corrected chi connectivity index (χ0v) is 14.1. The zero-order valence-electron chi connectivity index (χ0n) is 12.6. The first-order valence-electron chi connectivity index (χ1n) is 7.03. The van der Waals surface area contributed by atoms with Crippen molar-refractivity contribution in [1.29, 1.82) is 0 Å². The first kappa shape index (κ1) is 16.5. The fourth-order valence-corrected chi connectivity index (χ4v) is 2.90. The number of aromatic hydroxyl groups is 1. The van der Waals surface area contributed by atoms with Crippen LogP contribution in [0.25, 0.3) is 10.9 Å². The van der Waals surface area contributed by atoms with Gasteiger partial charge in [0.2, 0.25) is 0 Å². The minimum Gasteiger partial charge on any atom is -0.507 e. The summed E-state index contributed by atoms with van der Waals surface area (Å²) in [5, 5.41) is 14.0. The quantitative estimate of drug-likeness (QED) is 0.619. The summed E-state index contributed by atoms with van der Waals surface area (Å²) in [6.45, 7) is 1.82. The molecule has 0 fully saturated rings. The molecule has 0 saturated carbocycles. The molecule has 0 bridgehead atoms. The van der Waals surface area contributed by atoms with Gasteiger partial charge in [-0.1, -0.05) is 29.3 Å². The lowest BCUT2D eigenvalue weighted by molar-refractivity contribution is 0.309. The van der Waals surface area contributed by atoms with Crippen LogP contribution in [0, 0.1) is 11.8 Å². The second-order valence-electron chi connectivity index (χ2n) is 5.17. The molecule has 1 aromatic heterocycles. The Morgan fingerprint density at radius 1 is 1.25 bits per heavy atom. The average Bonchev–Trinajstić information content (AvgIpc) is 2.55. The number of hydrogen-bond acceptors (Lipinski definition) is 5. The van der Waals surface area contributed by atoms with Gasteiger partial charge in [-0.2, -0.15) is 0 Å². The van der Waals surface area contributed by atoms with Gasteiger partial charge in [0, 0.05) is 27.7 Å². The second kappa shape index (κ2) is 6.63. The Balaban J connectivity index is 1.99. The molecule has 0 aliphatic carbocycles. The van der Waals surface area contributed by atoms with E-state index in [2.05, 4.69) is 10.2 Å². The van der Waals surface area contributed by atoms with Gasteiger partial charge in [0.1, 0.15) is 29.3 Å². The topological polar surface area (TPSA) is 71.8 Å². The number of para-hydroxylation sites is 1. The highest BCUT2D eigenvalue weighted by Crippen LogP contribution is 2.35. The highest BCUT2D eigenvalue weighted by molar-refractivity contribution is 6.37. The first-order valence-corrected chi connectivity index (χ1v) is 7.79. The molecule has 5 nitrogen and oxygen atoms in total. The van der Waals surface area contributed by atoms with Crippen LogP contribution < -0.4 is 4.74 Å². The molecule has 2 aromatic carbocycles. The third-order valence-corrected chi connectivity index (χ3v) is 4.32. The van der Waals surface area contributed by atoms with Gasteiger partial charge in [0.15, 0.2) is 0 Å². The Kier molecular flexibility index (Phi) is 4.55. The van der Waals surface area contributed by atoms with E-state index in [1.54, 1.807) is 37.3 Å². The predicted octanol–water partition coefficient (Wildman–Crippen LogP) is 5.53. The number of hydrogen-bond donors (Lipinski definition) is 1. The summed E-state index contributed by atoms with van der Waals surface area (Å²) in [6, 6.07) is 9.81. The van der Waals surface area contributed by atoms with Crippen molar-refractivity contribution in [3.8, 4) is 11.5 Å². The molecule has 0 atom stereocenters. The average molecular weight is 363 g/mol. The summed E-state index contributed by atoms with van der Waals surface area (Å²) in [4.78, 5) is 15.2. The third kappa shape index (κ3) is 3.00. The van der Waals surface area contributed by atoms with E-state index in [4.69, 9.17) is 27.9 Å². The maximum atomic E-state index is 10.8. The number of ether oxygens (including phenoxy) is 1. The molecule has 0 aliphatic rings. The number of nitrogens with zero attached hydrogens (tertiary/aromatic N) is 2. The van der Waals surface area contributed by atoms with Crippen molar-refractivity contribution in [2.24, 2.45) is 5.18 Å². The molecular formula is C17H12Cl2N2O3. The lowest BCUT2D eigenvalue weighted by atomic mass is 10.1. The Bertz CT molecular complexity index is 945. The molecule has 122 valence electrons. The van der Waals surface area contributed by atoms with Crippen LogP contribution in [-0.4, -0.2) is 10.1 Å². The molecule has 24 heavy (non-hydrogen) atoms. The van der Waals surface area contributed by atoms with Crippen LogP contribution in [0.5, 0.6) is 11.5 Å². The molecule has 7 heteroatoms. The Labute approximate surface area is 147 Å². The number of fused-ring (bicyclic) bond motifs is 1. The van der Waals surface area contributed by atoms with Crippen LogP contribution in [0.1, 0.15) is 11.3 Å². The van der Waals surface area contributed by atoms with Crippen molar-refractivity contribution < 1.29 is 9.84 Å². The van der Waals surface area contributed by atoms with Gasteiger partial charge in [-0.05, 0) is 36.4 Å². The minimum absolute atomic E-state index is 0.0382. The zero-order chi connectivity index (χ0) is 17.3. The molecule has 0 unspecified atom stereocenters. The van der Waals surface area contributed by atoms with Crippen molar-refractivity contribution in [1.82, 2.24) is 4.98 Å². The molecule has 1 N–H and O–H groups in total. The normalized spacial score (nSPS) is 10.8. The Hall–Kier alpha value is -2.37. The highest BCUT2D eigenvalue weighted by atomic mass is 35.5. The molecule has 3 rings (SSSR count). The van der Waals surface area contributed by atoms with E-state index in [1.165, 1.54) is 6.07 Å². The third-order valence-electron chi connectivity index (χ3n) is 3.54. The van der Waals surface area contributed by atoms with Gasteiger partial charge in [-0.15, -0.1) is 4.91 Å². The van der Waals surface area contributed by atoms with E-state index in [0.717, 1.165) is 0 Å². The Morgan fingerprint density at radius 2 is 2.04 bits per heavy atom.